The number of fused-ring (bicyclic) bond motifs is 1. The first-order valence-electron chi connectivity index (χ1n) is 10.5. The quantitative estimate of drug-likeness (QED) is 0.187. The highest BCUT2D eigenvalue weighted by Crippen LogP contribution is 2.31. The Bertz CT molecular complexity index is 1530. The molecule has 172 valence electrons. The third kappa shape index (κ3) is 4.54. The van der Waals surface area contributed by atoms with Crippen LogP contribution in [0.3, 0.4) is 0 Å². The van der Waals surface area contributed by atoms with Gasteiger partial charge >= 0.3 is 5.97 Å². The average molecular weight is 464 g/mol. The van der Waals surface area contributed by atoms with E-state index in [1.54, 1.807) is 24.4 Å². The molecule has 0 radical (unpaired) electrons. The Morgan fingerprint density at radius 2 is 2.00 bits per heavy atom. The molecule has 0 atom stereocenters. The van der Waals surface area contributed by atoms with E-state index in [4.69, 9.17) is 20.4 Å². The largest absolute Gasteiger partial charge is 0.461 e. The van der Waals surface area contributed by atoms with Crippen LogP contribution in [-0.2, 0) is 16.1 Å². The number of benzene rings is 1. The number of hydrogen-bond donors (Lipinski definition) is 1. The van der Waals surface area contributed by atoms with Crippen molar-refractivity contribution in [2.24, 2.45) is 4.99 Å². The van der Waals surface area contributed by atoms with Gasteiger partial charge in [0.2, 0.25) is 0 Å². The summed E-state index contributed by atoms with van der Waals surface area (Å²) < 4.78 is 6.93. The third-order valence-electron chi connectivity index (χ3n) is 5.20. The summed E-state index contributed by atoms with van der Waals surface area (Å²) in [6, 6.07) is 16.6. The molecule has 35 heavy (non-hydrogen) atoms. The Hall–Kier alpha value is -5.10. The second-order valence-electron chi connectivity index (χ2n) is 7.43. The Labute approximate surface area is 201 Å². The van der Waals surface area contributed by atoms with Gasteiger partial charge in [-0.2, -0.15) is 5.26 Å². The number of nitrogens with zero attached hydrogens (tertiary/aromatic N) is 6. The molecule has 0 aliphatic heterocycles. The predicted octanol–water partition coefficient (Wildman–Crippen LogP) is 4.25. The van der Waals surface area contributed by atoms with Crippen LogP contribution in [0.15, 0.2) is 77.9 Å². The molecule has 3 heterocycles. The van der Waals surface area contributed by atoms with Crippen LogP contribution in [0.5, 0.6) is 0 Å². The number of carbonyl (C=O) groups excluding carboxylic acids is 1. The average Bonchev–Trinajstić information content (AvgIpc) is 3.25. The van der Waals surface area contributed by atoms with Crippen molar-refractivity contribution in [1.29, 1.82) is 5.26 Å². The molecular formula is C26H21N7O2. The van der Waals surface area contributed by atoms with Crippen molar-refractivity contribution in [1.82, 2.24) is 19.5 Å². The zero-order chi connectivity index (χ0) is 24.9. The van der Waals surface area contributed by atoms with Gasteiger partial charge in [0.1, 0.15) is 29.7 Å². The molecule has 2 N–H and O–H groups in total. The molecule has 0 spiro atoms. The van der Waals surface area contributed by atoms with E-state index >= 15 is 0 Å². The summed E-state index contributed by atoms with van der Waals surface area (Å²) in [5.74, 6) is 0.517. The van der Waals surface area contributed by atoms with Gasteiger partial charge in [0.15, 0.2) is 11.5 Å². The SMILES string of the molecule is C=C/C(C#N)=C(\N=C)c1ccc2nc(-c3cccnc3N)n(-c3ccc(COC(C)=O)cc3)c2n1. The van der Waals surface area contributed by atoms with Gasteiger partial charge in [-0.25, -0.2) is 15.0 Å². The number of nitrogens with two attached hydrogens (primary N) is 1. The summed E-state index contributed by atoms with van der Waals surface area (Å²) in [4.78, 5) is 28.9. The molecule has 1 aromatic carbocycles. The van der Waals surface area contributed by atoms with Crippen LogP contribution < -0.4 is 5.73 Å². The van der Waals surface area contributed by atoms with E-state index < -0.39 is 0 Å². The summed E-state index contributed by atoms with van der Waals surface area (Å²) in [6.07, 6.45) is 3.02. The van der Waals surface area contributed by atoms with Gasteiger partial charge in [-0.15, -0.1) is 0 Å². The van der Waals surface area contributed by atoms with Crippen LogP contribution in [0.2, 0.25) is 0 Å². The summed E-state index contributed by atoms with van der Waals surface area (Å²) in [5.41, 5.74) is 10.5. The topological polar surface area (TPSA) is 132 Å². The lowest BCUT2D eigenvalue weighted by atomic mass is 10.1. The minimum Gasteiger partial charge on any atom is -0.461 e. The lowest BCUT2D eigenvalue weighted by Crippen LogP contribution is -2.03. The molecule has 3 aromatic heterocycles. The van der Waals surface area contributed by atoms with Crippen molar-refractivity contribution < 1.29 is 9.53 Å². The summed E-state index contributed by atoms with van der Waals surface area (Å²) in [5, 5.41) is 9.46. The molecule has 0 aliphatic carbocycles. The van der Waals surface area contributed by atoms with Crippen molar-refractivity contribution in [3.05, 3.63) is 84.2 Å². The summed E-state index contributed by atoms with van der Waals surface area (Å²) >= 11 is 0. The number of aliphatic imine (C=N–C) groups is 1. The Balaban J connectivity index is 1.96. The fourth-order valence-electron chi connectivity index (χ4n) is 3.55. The van der Waals surface area contributed by atoms with Gasteiger partial charge in [-0.3, -0.25) is 14.4 Å². The van der Waals surface area contributed by atoms with Crippen LogP contribution >= 0.6 is 0 Å². The van der Waals surface area contributed by atoms with Gasteiger partial charge in [0, 0.05) is 18.8 Å². The Morgan fingerprint density at radius 3 is 2.63 bits per heavy atom. The Kier molecular flexibility index (Phi) is 6.46. The maximum absolute atomic E-state index is 11.2. The highest BCUT2D eigenvalue weighted by molar-refractivity contribution is 5.85. The highest BCUT2D eigenvalue weighted by Gasteiger charge is 2.19. The number of allylic oxidation sites excluding steroid dienone is 2. The number of rotatable bonds is 7. The molecule has 0 aliphatic rings. The van der Waals surface area contributed by atoms with Crippen LogP contribution in [0, 0.1) is 11.3 Å². The molecule has 4 rings (SSSR count). The molecule has 0 saturated heterocycles. The number of aromatic nitrogens is 4. The zero-order valence-electron chi connectivity index (χ0n) is 19.0. The van der Waals surface area contributed by atoms with E-state index in [1.807, 2.05) is 34.9 Å². The van der Waals surface area contributed by atoms with Gasteiger partial charge in [0.25, 0.3) is 0 Å². The third-order valence-corrected chi connectivity index (χ3v) is 5.20. The fourth-order valence-corrected chi connectivity index (χ4v) is 3.55. The molecule has 0 bridgehead atoms. The second-order valence-corrected chi connectivity index (χ2v) is 7.43. The number of pyridine rings is 2. The smallest absolute Gasteiger partial charge is 0.302 e. The van der Waals surface area contributed by atoms with Gasteiger partial charge in [-0.05, 0) is 54.8 Å². The van der Waals surface area contributed by atoms with Crippen LogP contribution in [0.4, 0.5) is 5.82 Å². The molecule has 0 unspecified atom stereocenters. The molecule has 9 heteroatoms. The number of nitrogen functional groups attached to an aromatic ring is 1. The maximum atomic E-state index is 11.2. The van der Waals surface area contributed by atoms with Crippen molar-refractivity contribution in [2.75, 3.05) is 5.73 Å². The van der Waals surface area contributed by atoms with Gasteiger partial charge in [0.05, 0.1) is 16.8 Å². The summed E-state index contributed by atoms with van der Waals surface area (Å²) in [6.45, 7) is 8.80. The number of hydrogen-bond acceptors (Lipinski definition) is 8. The minimum absolute atomic E-state index is 0.169. The van der Waals surface area contributed by atoms with E-state index in [2.05, 4.69) is 29.3 Å². The van der Waals surface area contributed by atoms with Crippen LogP contribution in [0.1, 0.15) is 18.2 Å². The zero-order valence-corrected chi connectivity index (χ0v) is 19.0. The first kappa shape index (κ1) is 23.1. The van der Waals surface area contributed by atoms with E-state index in [0.717, 1.165) is 11.3 Å². The molecule has 0 fully saturated rings. The van der Waals surface area contributed by atoms with Crippen LogP contribution in [0.25, 0.3) is 33.9 Å². The fraction of sp³-hybridized carbons (Fsp3) is 0.0769. The number of carbonyl (C=O) groups is 1. The maximum Gasteiger partial charge on any atom is 0.302 e. The van der Waals surface area contributed by atoms with Crippen LogP contribution in [-0.4, -0.2) is 32.2 Å². The number of ether oxygens (including phenoxy) is 1. The molecule has 9 nitrogen and oxygen atoms in total. The van der Waals surface area contributed by atoms with E-state index in [9.17, 15) is 10.1 Å². The number of imidazole rings is 1. The predicted molar refractivity (Wildman–Crippen MR) is 134 cm³/mol. The number of esters is 1. The molecule has 0 saturated carbocycles. The second kappa shape index (κ2) is 9.80. The molecule has 4 aromatic rings. The monoisotopic (exact) mass is 463 g/mol. The lowest BCUT2D eigenvalue weighted by Gasteiger charge is -2.11. The number of nitriles is 1. The van der Waals surface area contributed by atoms with Crippen molar-refractivity contribution in [3.8, 4) is 23.1 Å². The van der Waals surface area contributed by atoms with E-state index in [1.165, 1.54) is 13.0 Å². The van der Waals surface area contributed by atoms with Gasteiger partial charge in [-0.1, -0.05) is 18.7 Å². The number of anilines is 1. The first-order valence-corrected chi connectivity index (χ1v) is 10.5. The Morgan fingerprint density at radius 1 is 1.23 bits per heavy atom. The first-order chi connectivity index (χ1) is 17.0. The van der Waals surface area contributed by atoms with Crippen molar-refractivity contribution in [3.63, 3.8) is 0 Å². The van der Waals surface area contributed by atoms with Gasteiger partial charge < -0.3 is 10.5 Å². The molecule has 0 amide bonds. The van der Waals surface area contributed by atoms with E-state index in [-0.39, 0.29) is 18.1 Å². The summed E-state index contributed by atoms with van der Waals surface area (Å²) in [7, 11) is 0. The van der Waals surface area contributed by atoms with Crippen molar-refractivity contribution in [2.45, 2.75) is 13.5 Å². The lowest BCUT2D eigenvalue weighted by molar-refractivity contribution is -0.142. The highest BCUT2D eigenvalue weighted by atomic mass is 16.5. The van der Waals surface area contributed by atoms with Crippen molar-refractivity contribution >= 4 is 35.4 Å². The molecular weight excluding hydrogens is 442 g/mol. The van der Waals surface area contributed by atoms with E-state index in [0.29, 0.717) is 39.8 Å². The standard InChI is InChI=1S/C26H21N7O2/c1-4-18(14-27)23(29-3)21-11-12-22-26(31-21)33(25(32-22)20-6-5-13-30-24(20)28)19-9-7-17(8-10-19)15-35-16(2)34/h4-13H,1,3,15H2,2H3,(H2,28,30)/b23-18+. The normalized spacial score (nSPS) is 11.4. The minimum atomic E-state index is -0.350.